The number of aryl methyl sites for hydroxylation is 2. The van der Waals surface area contributed by atoms with Gasteiger partial charge in [-0.15, -0.1) is 0 Å². The minimum Gasteiger partial charge on any atom is -0.322 e. The Morgan fingerprint density at radius 3 is 2.62 bits per heavy atom. The maximum atomic E-state index is 12.7. The summed E-state index contributed by atoms with van der Waals surface area (Å²) in [5, 5.41) is 10.7. The summed E-state index contributed by atoms with van der Waals surface area (Å²) in [6.45, 7) is 4.11. The normalized spacial score (nSPS) is 11.1. The van der Waals surface area contributed by atoms with E-state index in [0.29, 0.717) is 17.9 Å². The third-order valence-electron chi connectivity index (χ3n) is 3.90. The van der Waals surface area contributed by atoms with E-state index in [-0.39, 0.29) is 18.1 Å². The van der Waals surface area contributed by atoms with Crippen molar-refractivity contribution in [3.05, 3.63) is 65.2 Å². The second-order valence-corrected chi connectivity index (χ2v) is 6.13. The zero-order valence-electron chi connectivity index (χ0n) is 14.5. The van der Waals surface area contributed by atoms with E-state index in [4.69, 9.17) is 0 Å². The van der Waals surface area contributed by atoms with Gasteiger partial charge in [0.05, 0.1) is 18.4 Å². The third kappa shape index (κ3) is 4.33. The van der Waals surface area contributed by atoms with Gasteiger partial charge in [0.15, 0.2) is 0 Å². The molecule has 0 bridgehead atoms. The monoisotopic (exact) mass is 359 g/mol. The molecule has 1 aromatic carbocycles. The van der Waals surface area contributed by atoms with Crippen molar-refractivity contribution in [2.24, 2.45) is 0 Å². The molecule has 3 rings (SSSR count). The summed E-state index contributed by atoms with van der Waals surface area (Å²) in [7, 11) is 0. The van der Waals surface area contributed by atoms with Gasteiger partial charge in [-0.3, -0.25) is 14.2 Å². The van der Waals surface area contributed by atoms with Gasteiger partial charge in [0.25, 0.3) is 6.43 Å². The number of anilines is 1. The quantitative estimate of drug-likeness (QED) is 0.734. The van der Waals surface area contributed by atoms with E-state index in [0.717, 1.165) is 5.56 Å². The molecule has 26 heavy (non-hydrogen) atoms. The van der Waals surface area contributed by atoms with E-state index >= 15 is 0 Å². The molecule has 8 heteroatoms. The number of nitrogens with one attached hydrogen (secondary N) is 1. The van der Waals surface area contributed by atoms with Crippen LogP contribution < -0.4 is 5.32 Å². The maximum Gasteiger partial charge on any atom is 0.282 e. The van der Waals surface area contributed by atoms with Crippen molar-refractivity contribution < 1.29 is 13.6 Å². The molecule has 2 heterocycles. The lowest BCUT2D eigenvalue weighted by Gasteiger charge is -2.05. The van der Waals surface area contributed by atoms with E-state index < -0.39 is 6.43 Å². The first-order valence-corrected chi connectivity index (χ1v) is 8.11. The van der Waals surface area contributed by atoms with Gasteiger partial charge in [-0.2, -0.15) is 10.2 Å². The molecule has 0 saturated carbocycles. The van der Waals surface area contributed by atoms with E-state index in [2.05, 4.69) is 15.5 Å². The summed E-state index contributed by atoms with van der Waals surface area (Å²) >= 11 is 0. The predicted molar refractivity (Wildman–Crippen MR) is 93.1 cm³/mol. The van der Waals surface area contributed by atoms with Crippen molar-refractivity contribution in [1.29, 1.82) is 0 Å². The van der Waals surface area contributed by atoms with Crippen molar-refractivity contribution in [2.45, 2.75) is 33.4 Å². The van der Waals surface area contributed by atoms with Crippen LogP contribution in [-0.4, -0.2) is 25.5 Å². The third-order valence-corrected chi connectivity index (χ3v) is 3.90. The number of carbonyl (C=O) groups is 1. The summed E-state index contributed by atoms with van der Waals surface area (Å²) < 4.78 is 28.3. The van der Waals surface area contributed by atoms with Crippen LogP contribution in [0.4, 0.5) is 14.5 Å². The molecule has 0 radical (unpaired) electrons. The van der Waals surface area contributed by atoms with Crippen LogP contribution in [0.3, 0.4) is 0 Å². The molecule has 0 saturated heterocycles. The lowest BCUT2D eigenvalue weighted by atomic mass is 10.1. The summed E-state index contributed by atoms with van der Waals surface area (Å²) in [4.78, 5) is 12.1. The van der Waals surface area contributed by atoms with Crippen molar-refractivity contribution in [2.75, 3.05) is 5.32 Å². The number of amides is 1. The maximum absolute atomic E-state index is 12.7. The zero-order chi connectivity index (χ0) is 18.7. The highest BCUT2D eigenvalue weighted by Crippen LogP contribution is 2.18. The summed E-state index contributed by atoms with van der Waals surface area (Å²) in [5.74, 6) is -0.355. The number of carbonyl (C=O) groups excluding carboxylic acids is 1. The van der Waals surface area contributed by atoms with Crippen LogP contribution in [0.5, 0.6) is 0 Å². The Hall–Kier alpha value is -3.03. The van der Waals surface area contributed by atoms with Gasteiger partial charge < -0.3 is 5.32 Å². The Kier molecular flexibility index (Phi) is 5.11. The fraction of sp³-hybridized carbons (Fsp3) is 0.278. The van der Waals surface area contributed by atoms with Crippen molar-refractivity contribution >= 4 is 11.6 Å². The molecule has 0 unspecified atom stereocenters. The molecule has 0 atom stereocenters. The zero-order valence-corrected chi connectivity index (χ0v) is 14.5. The highest BCUT2D eigenvalue weighted by atomic mass is 19.3. The Labute approximate surface area is 149 Å². The Bertz CT molecular complexity index is 899. The fourth-order valence-corrected chi connectivity index (χ4v) is 2.53. The molecule has 0 spiro atoms. The molecule has 2 aromatic heterocycles. The molecular formula is C18H19F2N5O. The van der Waals surface area contributed by atoms with Crippen LogP contribution in [0.15, 0.2) is 42.7 Å². The van der Waals surface area contributed by atoms with Crippen LogP contribution in [0.2, 0.25) is 0 Å². The minimum atomic E-state index is -2.65. The molecule has 1 N–H and O–H groups in total. The Morgan fingerprint density at radius 2 is 1.96 bits per heavy atom. The van der Waals surface area contributed by atoms with Gasteiger partial charge in [0.2, 0.25) is 5.91 Å². The first-order chi connectivity index (χ1) is 12.4. The van der Waals surface area contributed by atoms with Crippen molar-refractivity contribution in [3.8, 4) is 0 Å². The van der Waals surface area contributed by atoms with E-state index in [1.165, 1.54) is 16.3 Å². The van der Waals surface area contributed by atoms with Crippen LogP contribution in [-0.2, 0) is 17.9 Å². The fourth-order valence-electron chi connectivity index (χ4n) is 2.53. The number of benzene rings is 1. The molecule has 0 fully saturated rings. The number of hydrogen-bond acceptors (Lipinski definition) is 3. The standard InChI is InChI=1S/C18H19F2N5O/c1-12-3-5-14(6-4-12)9-24-10-15(8-21-24)22-17(26)11-25-13(2)7-16(23-25)18(19)20/h3-8,10,18H,9,11H2,1-2H3,(H,22,26). The molecule has 136 valence electrons. The average molecular weight is 359 g/mol. The largest absolute Gasteiger partial charge is 0.322 e. The number of hydrogen-bond donors (Lipinski definition) is 1. The van der Waals surface area contributed by atoms with Crippen LogP contribution in [0.25, 0.3) is 0 Å². The molecule has 3 aromatic rings. The van der Waals surface area contributed by atoms with Gasteiger partial charge in [-0.05, 0) is 25.5 Å². The lowest BCUT2D eigenvalue weighted by molar-refractivity contribution is -0.117. The highest BCUT2D eigenvalue weighted by molar-refractivity contribution is 5.90. The Morgan fingerprint density at radius 1 is 1.23 bits per heavy atom. The lowest BCUT2D eigenvalue weighted by Crippen LogP contribution is -2.20. The smallest absolute Gasteiger partial charge is 0.282 e. The van der Waals surface area contributed by atoms with Crippen LogP contribution >= 0.6 is 0 Å². The highest BCUT2D eigenvalue weighted by Gasteiger charge is 2.15. The molecular weight excluding hydrogens is 340 g/mol. The predicted octanol–water partition coefficient (Wildman–Crippen LogP) is 3.32. The van der Waals surface area contributed by atoms with Crippen molar-refractivity contribution in [1.82, 2.24) is 19.6 Å². The Balaban J connectivity index is 1.60. The SMILES string of the molecule is Cc1ccc(Cn2cc(NC(=O)Cn3nc(C(F)F)cc3C)cn2)cc1. The van der Waals surface area contributed by atoms with E-state index in [1.807, 2.05) is 31.2 Å². The van der Waals surface area contributed by atoms with Gasteiger partial charge in [-0.25, -0.2) is 8.78 Å². The summed E-state index contributed by atoms with van der Waals surface area (Å²) in [5.41, 5.74) is 3.00. The minimum absolute atomic E-state index is 0.137. The van der Waals surface area contributed by atoms with Crippen molar-refractivity contribution in [3.63, 3.8) is 0 Å². The van der Waals surface area contributed by atoms with Gasteiger partial charge in [0.1, 0.15) is 12.2 Å². The summed E-state index contributed by atoms with van der Waals surface area (Å²) in [6.07, 6.45) is 0.614. The summed E-state index contributed by atoms with van der Waals surface area (Å²) in [6, 6.07) is 9.38. The molecule has 0 aliphatic heterocycles. The number of alkyl halides is 2. The second-order valence-electron chi connectivity index (χ2n) is 6.13. The van der Waals surface area contributed by atoms with Gasteiger partial charge in [-0.1, -0.05) is 29.8 Å². The van der Waals surface area contributed by atoms with E-state index in [9.17, 15) is 13.6 Å². The topological polar surface area (TPSA) is 64.7 Å². The average Bonchev–Trinajstić information content (AvgIpc) is 3.17. The first kappa shape index (κ1) is 17.8. The second kappa shape index (κ2) is 7.47. The molecule has 0 aliphatic rings. The number of aromatic nitrogens is 4. The van der Waals surface area contributed by atoms with Crippen LogP contribution in [0.1, 0.15) is 28.9 Å². The van der Waals surface area contributed by atoms with Crippen LogP contribution in [0, 0.1) is 13.8 Å². The number of halogens is 2. The molecule has 1 amide bonds. The van der Waals surface area contributed by atoms with Gasteiger partial charge in [0, 0.05) is 11.9 Å². The van der Waals surface area contributed by atoms with E-state index in [1.54, 1.807) is 24.0 Å². The first-order valence-electron chi connectivity index (χ1n) is 8.11. The van der Waals surface area contributed by atoms with Gasteiger partial charge >= 0.3 is 0 Å². The molecule has 0 aliphatic carbocycles. The number of rotatable bonds is 6. The molecule has 6 nitrogen and oxygen atoms in total. The number of nitrogens with zero attached hydrogens (tertiary/aromatic N) is 4.